The molecule has 0 bridgehead atoms. The molecule has 0 fully saturated rings. The van der Waals surface area contributed by atoms with E-state index in [0.29, 0.717) is 18.9 Å². The van der Waals surface area contributed by atoms with Gasteiger partial charge in [-0.15, -0.1) is 0 Å². The number of methoxy groups -OCH3 is 1. The summed E-state index contributed by atoms with van der Waals surface area (Å²) in [7, 11) is 3.44. The van der Waals surface area contributed by atoms with Crippen molar-refractivity contribution in [2.45, 2.75) is 13.5 Å². The summed E-state index contributed by atoms with van der Waals surface area (Å²) < 4.78 is 11.4. The minimum absolute atomic E-state index is 0.0327. The van der Waals surface area contributed by atoms with Gasteiger partial charge in [0.15, 0.2) is 6.61 Å². The van der Waals surface area contributed by atoms with Gasteiger partial charge < -0.3 is 19.7 Å². The number of nitrogens with zero attached hydrogens (tertiary/aromatic N) is 1. The van der Waals surface area contributed by atoms with Crippen molar-refractivity contribution in [1.29, 1.82) is 0 Å². The van der Waals surface area contributed by atoms with E-state index in [1.807, 2.05) is 25.1 Å². The van der Waals surface area contributed by atoms with Crippen LogP contribution in [0.2, 0.25) is 0 Å². The Labute approximate surface area is 134 Å². The second-order valence-corrected chi connectivity index (χ2v) is 5.49. The number of hydrogen-bond donors (Lipinski definition) is 1. The van der Waals surface area contributed by atoms with Crippen LogP contribution in [-0.2, 0) is 16.1 Å². The first-order valence-corrected chi connectivity index (χ1v) is 7.72. The molecule has 1 N–H and O–H groups in total. The van der Waals surface area contributed by atoms with Crippen LogP contribution in [0, 0.1) is 0 Å². The summed E-state index contributed by atoms with van der Waals surface area (Å²) in [5.74, 6) is 0.642. The van der Waals surface area contributed by atoms with Gasteiger partial charge in [0.1, 0.15) is 5.75 Å². The molecule has 0 atom stereocenters. The zero-order valence-corrected chi connectivity index (χ0v) is 14.4. The number of carbonyl (C=O) groups is 1. The summed E-state index contributed by atoms with van der Waals surface area (Å²) in [4.78, 5) is 13.3. The Morgan fingerprint density at radius 3 is 2.81 bits per heavy atom. The zero-order chi connectivity index (χ0) is 15.7. The van der Waals surface area contributed by atoms with Gasteiger partial charge in [0.05, 0.1) is 11.1 Å². The molecule has 1 aromatic rings. The highest BCUT2D eigenvalue weighted by Crippen LogP contribution is 2.26. The maximum Gasteiger partial charge on any atom is 0.260 e. The second kappa shape index (κ2) is 9.76. The quantitative estimate of drug-likeness (QED) is 0.686. The van der Waals surface area contributed by atoms with E-state index in [2.05, 4.69) is 21.2 Å². The molecule has 118 valence electrons. The number of carbonyl (C=O) groups excluding carboxylic acids is 1. The highest BCUT2D eigenvalue weighted by molar-refractivity contribution is 9.10. The smallest absolute Gasteiger partial charge is 0.260 e. The summed E-state index contributed by atoms with van der Waals surface area (Å²) in [6, 6.07) is 5.84. The van der Waals surface area contributed by atoms with Crippen LogP contribution in [0.25, 0.3) is 0 Å². The SMILES string of the molecule is CCN(C)C(=O)COc1ccc(CNCCOC)cc1Br. The van der Waals surface area contributed by atoms with Gasteiger partial charge in [0.2, 0.25) is 0 Å². The molecule has 0 aromatic heterocycles. The van der Waals surface area contributed by atoms with Gasteiger partial charge in [0, 0.05) is 33.8 Å². The molecule has 6 heteroatoms. The van der Waals surface area contributed by atoms with Crippen molar-refractivity contribution >= 4 is 21.8 Å². The summed E-state index contributed by atoms with van der Waals surface area (Å²) in [5.41, 5.74) is 1.14. The molecule has 0 saturated heterocycles. The van der Waals surface area contributed by atoms with Gasteiger partial charge in [0.25, 0.3) is 5.91 Å². The van der Waals surface area contributed by atoms with Gasteiger partial charge in [-0.2, -0.15) is 0 Å². The van der Waals surface area contributed by atoms with Crippen LogP contribution in [0.1, 0.15) is 12.5 Å². The zero-order valence-electron chi connectivity index (χ0n) is 12.8. The first kappa shape index (κ1) is 17.9. The van der Waals surface area contributed by atoms with E-state index in [1.165, 1.54) is 0 Å². The van der Waals surface area contributed by atoms with Gasteiger partial charge >= 0.3 is 0 Å². The van der Waals surface area contributed by atoms with Crippen LogP contribution < -0.4 is 10.1 Å². The Hall–Kier alpha value is -1.11. The third-order valence-electron chi connectivity index (χ3n) is 3.06. The number of hydrogen-bond acceptors (Lipinski definition) is 4. The van der Waals surface area contributed by atoms with E-state index in [-0.39, 0.29) is 12.5 Å². The molecule has 1 rings (SSSR count). The van der Waals surface area contributed by atoms with Crippen LogP contribution in [0.4, 0.5) is 0 Å². The number of likely N-dealkylation sites (N-methyl/N-ethyl adjacent to an activating group) is 1. The van der Waals surface area contributed by atoms with Crippen molar-refractivity contribution in [2.75, 3.05) is 40.5 Å². The standard InChI is InChI=1S/C15H23BrN2O3/c1-4-18(2)15(19)11-21-14-6-5-12(9-13(14)16)10-17-7-8-20-3/h5-6,9,17H,4,7-8,10-11H2,1-3H3. The molecule has 21 heavy (non-hydrogen) atoms. The third kappa shape index (κ3) is 6.46. The summed E-state index contributed by atoms with van der Waals surface area (Å²) in [5, 5.41) is 3.27. The van der Waals surface area contributed by atoms with Crippen molar-refractivity contribution in [2.24, 2.45) is 0 Å². The Balaban J connectivity index is 2.48. The molecule has 5 nitrogen and oxygen atoms in total. The Bertz CT molecular complexity index is 455. The van der Waals surface area contributed by atoms with Crippen LogP contribution >= 0.6 is 15.9 Å². The molecule has 0 aliphatic carbocycles. The van der Waals surface area contributed by atoms with Gasteiger partial charge in [-0.1, -0.05) is 6.07 Å². The number of benzene rings is 1. The molecule has 0 aliphatic rings. The second-order valence-electron chi connectivity index (χ2n) is 4.63. The van der Waals surface area contributed by atoms with Crippen molar-refractivity contribution in [3.63, 3.8) is 0 Å². The number of nitrogens with one attached hydrogen (secondary N) is 1. The number of rotatable bonds is 9. The van der Waals surface area contributed by atoms with E-state index < -0.39 is 0 Å². The molecule has 1 aromatic carbocycles. The van der Waals surface area contributed by atoms with E-state index in [0.717, 1.165) is 23.1 Å². The topological polar surface area (TPSA) is 50.8 Å². The van der Waals surface area contributed by atoms with Crippen molar-refractivity contribution in [3.8, 4) is 5.75 Å². The minimum Gasteiger partial charge on any atom is -0.483 e. The lowest BCUT2D eigenvalue weighted by atomic mass is 10.2. The Kier molecular flexibility index (Phi) is 8.34. The Morgan fingerprint density at radius 2 is 2.19 bits per heavy atom. The van der Waals surface area contributed by atoms with E-state index in [9.17, 15) is 4.79 Å². The molecule has 0 radical (unpaired) electrons. The fraction of sp³-hybridized carbons (Fsp3) is 0.533. The molecule has 0 heterocycles. The number of halogens is 1. The van der Waals surface area contributed by atoms with Crippen molar-refractivity contribution in [3.05, 3.63) is 28.2 Å². The summed E-state index contributed by atoms with van der Waals surface area (Å²) in [6.45, 7) is 4.92. The predicted octanol–water partition coefficient (Wildman–Crippen LogP) is 2.04. The molecule has 0 unspecified atom stereocenters. The predicted molar refractivity (Wildman–Crippen MR) is 86.5 cm³/mol. The lowest BCUT2D eigenvalue weighted by molar-refractivity contribution is -0.131. The van der Waals surface area contributed by atoms with E-state index in [4.69, 9.17) is 9.47 Å². The van der Waals surface area contributed by atoms with Gasteiger partial charge in [-0.05, 0) is 40.5 Å². The highest BCUT2D eigenvalue weighted by atomic mass is 79.9. The number of ether oxygens (including phenoxy) is 2. The lowest BCUT2D eigenvalue weighted by Gasteiger charge is -2.15. The fourth-order valence-corrected chi connectivity index (χ4v) is 2.15. The number of amides is 1. The molecular formula is C15H23BrN2O3. The first-order valence-electron chi connectivity index (χ1n) is 6.93. The average Bonchev–Trinajstić information content (AvgIpc) is 2.49. The molecule has 0 saturated carbocycles. The molecule has 0 aliphatic heterocycles. The first-order chi connectivity index (χ1) is 10.1. The fourth-order valence-electron chi connectivity index (χ4n) is 1.60. The van der Waals surface area contributed by atoms with Crippen molar-refractivity contribution in [1.82, 2.24) is 10.2 Å². The molecule has 1 amide bonds. The highest BCUT2D eigenvalue weighted by Gasteiger charge is 2.09. The van der Waals surface area contributed by atoms with E-state index >= 15 is 0 Å². The monoisotopic (exact) mass is 358 g/mol. The largest absolute Gasteiger partial charge is 0.483 e. The minimum atomic E-state index is -0.0327. The van der Waals surface area contributed by atoms with Gasteiger partial charge in [-0.25, -0.2) is 0 Å². The Morgan fingerprint density at radius 1 is 1.43 bits per heavy atom. The molecule has 0 spiro atoms. The van der Waals surface area contributed by atoms with Crippen molar-refractivity contribution < 1.29 is 14.3 Å². The summed E-state index contributed by atoms with van der Waals surface area (Å²) in [6.07, 6.45) is 0. The lowest BCUT2D eigenvalue weighted by Crippen LogP contribution is -2.31. The van der Waals surface area contributed by atoms with E-state index in [1.54, 1.807) is 19.1 Å². The maximum atomic E-state index is 11.7. The molecular weight excluding hydrogens is 336 g/mol. The van der Waals surface area contributed by atoms with Crippen LogP contribution in [-0.4, -0.2) is 51.3 Å². The van der Waals surface area contributed by atoms with Crippen LogP contribution in [0.5, 0.6) is 5.75 Å². The van der Waals surface area contributed by atoms with Gasteiger partial charge in [-0.3, -0.25) is 4.79 Å². The maximum absolute atomic E-state index is 11.7. The van der Waals surface area contributed by atoms with Crippen LogP contribution in [0.3, 0.4) is 0 Å². The third-order valence-corrected chi connectivity index (χ3v) is 3.68. The summed E-state index contributed by atoms with van der Waals surface area (Å²) >= 11 is 3.47. The average molecular weight is 359 g/mol. The van der Waals surface area contributed by atoms with Crippen LogP contribution in [0.15, 0.2) is 22.7 Å². The normalized spacial score (nSPS) is 10.5.